The van der Waals surface area contributed by atoms with Crippen LogP contribution in [0.1, 0.15) is 6.42 Å². The molecule has 0 bridgehead atoms. The zero-order chi connectivity index (χ0) is 20.0. The fraction of sp³-hybridized carbons (Fsp3) is 0.800. The summed E-state index contributed by atoms with van der Waals surface area (Å²) in [6.07, 6.45) is 12.7. The van der Waals surface area contributed by atoms with E-state index in [0.717, 1.165) is 13.0 Å². The molecule has 2 heterocycles. The molecule has 6 nitrogen and oxygen atoms in total. The van der Waals surface area contributed by atoms with Gasteiger partial charge in [-0.3, -0.25) is 9.80 Å². The van der Waals surface area contributed by atoms with Crippen molar-refractivity contribution in [2.45, 2.75) is 30.8 Å². The number of rotatable bonds is 4. The second-order valence-corrected chi connectivity index (χ2v) is 8.23. The largest absolute Gasteiger partial charge is 0.484 e. The van der Waals surface area contributed by atoms with Crippen molar-refractivity contribution in [2.75, 3.05) is 77.0 Å². The molecule has 2 aliphatic heterocycles. The van der Waals surface area contributed by atoms with Crippen LogP contribution in [0.15, 0.2) is 12.3 Å². The molecule has 0 saturated carbocycles. The summed E-state index contributed by atoms with van der Waals surface area (Å²) in [5.74, 6) is 0. The molecule has 164 valence electrons. The topological polar surface area (TPSA) is 19.4 Å². The van der Waals surface area contributed by atoms with Crippen molar-refractivity contribution in [3.05, 3.63) is 24.4 Å². The molecular weight excluding hydrogens is 692 g/mol. The van der Waals surface area contributed by atoms with Crippen LogP contribution in [0.5, 0.6) is 0 Å². The minimum Gasteiger partial charge on any atom is -0.484 e. The van der Waals surface area contributed by atoms with E-state index in [-0.39, 0.29) is 42.1 Å². The van der Waals surface area contributed by atoms with E-state index in [2.05, 4.69) is 118 Å². The Hall–Kier alpha value is 0.457. The summed E-state index contributed by atoms with van der Waals surface area (Å²) in [4.78, 5) is 13.5. The van der Waals surface area contributed by atoms with Gasteiger partial charge in [-0.25, -0.2) is 6.08 Å². The van der Waals surface area contributed by atoms with Gasteiger partial charge in [-0.15, -0.1) is 6.54 Å². The molecule has 0 N–H and O–H groups in total. The Kier molecular flexibility index (Phi) is 15.8. The first kappa shape index (κ1) is 30.6. The third-order valence-corrected chi connectivity index (χ3v) is 5.09. The number of hydrogen-bond donors (Lipinski definition) is 0. The molecule has 28 heavy (non-hydrogen) atoms. The predicted molar refractivity (Wildman–Crippen MR) is 111 cm³/mol. The normalized spacial score (nSPS) is 27.6. The van der Waals surface area contributed by atoms with Crippen LogP contribution in [-0.4, -0.2) is 131 Å². The van der Waals surface area contributed by atoms with Crippen molar-refractivity contribution < 1.29 is 42.1 Å². The average Bonchev–Trinajstić information content (AvgIpc) is 2.54. The van der Waals surface area contributed by atoms with E-state index in [0.29, 0.717) is 24.4 Å². The summed E-state index contributed by atoms with van der Waals surface area (Å²) in [6, 6.07) is 0.971. The molecule has 0 aromatic heterocycles. The summed E-state index contributed by atoms with van der Waals surface area (Å²) < 4.78 is 0. The van der Waals surface area contributed by atoms with Gasteiger partial charge in [-0.1, -0.05) is 0 Å². The Balaban J connectivity index is 0. The molecule has 2 rings (SSSR count). The maximum atomic E-state index is 3.28. The van der Waals surface area contributed by atoms with E-state index in [9.17, 15) is 0 Å². The zero-order valence-corrected chi connectivity index (χ0v) is 25.2. The van der Waals surface area contributed by atoms with Crippen LogP contribution < -0.4 is 0 Å². The summed E-state index contributed by atoms with van der Waals surface area (Å²) in [7, 11) is 21.2. The van der Waals surface area contributed by atoms with Gasteiger partial charge >= 0.3 is 0 Å². The van der Waals surface area contributed by atoms with E-state index in [1.165, 1.54) is 0 Å². The van der Waals surface area contributed by atoms with Gasteiger partial charge in [-0.2, -0.15) is 12.6 Å². The van der Waals surface area contributed by atoms with Crippen LogP contribution in [0.4, 0.5) is 0 Å². The Morgan fingerprint density at radius 3 is 1.64 bits per heavy atom. The summed E-state index contributed by atoms with van der Waals surface area (Å²) in [6.45, 7) is 0.924. The second kappa shape index (κ2) is 14.5. The van der Waals surface area contributed by atoms with Gasteiger partial charge in [-0.05, 0) is 63.4 Å². The van der Waals surface area contributed by atoms with E-state index in [1.807, 2.05) is 6.20 Å². The minimum absolute atomic E-state index is 0. The van der Waals surface area contributed by atoms with Crippen LogP contribution in [0.3, 0.4) is 0 Å². The summed E-state index contributed by atoms with van der Waals surface area (Å²) in [5, 5.41) is 0. The van der Waals surface area contributed by atoms with Gasteiger partial charge in [0.15, 0.2) is 0 Å². The molecule has 0 aromatic rings. The van der Waals surface area contributed by atoms with Gasteiger partial charge < -0.3 is 31.8 Å². The van der Waals surface area contributed by atoms with Crippen LogP contribution in [0.2, 0.25) is 0 Å². The third kappa shape index (κ3) is 8.67. The molecule has 4 atom stereocenters. The number of nitrogens with zero attached hydrogens (tertiary/aromatic N) is 6. The van der Waals surface area contributed by atoms with Crippen molar-refractivity contribution >= 4 is 0 Å². The average molecular weight is 732 g/mol. The molecule has 0 radical (unpaired) electrons. The fourth-order valence-corrected chi connectivity index (χ4v) is 3.80. The molecule has 8 heteroatoms. The fourth-order valence-electron chi connectivity index (χ4n) is 3.80. The number of likely N-dealkylation sites (N-methyl/N-ethyl adjacent to an activating group) is 6. The molecule has 2 aliphatic rings. The SMILES string of the molecule is CN(C)[C@@H]1C=[C-]CN(C)[C@H]1N(C)C.CN(C)[C@H]1C[C-]=CN(C)[C@@H]1N(C)C.[W].[W]. The smallest absolute Gasteiger partial charge is 0.0916 e. The monoisotopic (exact) mass is 732 g/mol. The Bertz CT molecular complexity index is 462. The van der Waals surface area contributed by atoms with Crippen molar-refractivity contribution in [1.29, 1.82) is 0 Å². The molecule has 0 fully saturated rings. The van der Waals surface area contributed by atoms with Crippen LogP contribution >= 0.6 is 0 Å². The predicted octanol–water partition coefficient (Wildman–Crippen LogP) is 0.561. The number of hydrogen-bond acceptors (Lipinski definition) is 6. The van der Waals surface area contributed by atoms with Crippen LogP contribution in [0.25, 0.3) is 0 Å². The zero-order valence-electron chi connectivity index (χ0n) is 19.4. The standard InChI is InChI=1S/2C10H20N3.2W/c2*1-11(2)9-7-6-8-13(5)10(9)12(3)4;;/h8-10H,7H2,1-5H3;7,9-10H,8H2,1-5H3;;/q2*-1;;/t2*9-,10-;;/m01../s1. The van der Waals surface area contributed by atoms with Gasteiger partial charge in [0, 0.05) is 61.3 Å². The van der Waals surface area contributed by atoms with Crippen molar-refractivity contribution in [1.82, 2.24) is 29.4 Å². The molecule has 0 aliphatic carbocycles. The molecule has 0 spiro atoms. The maximum Gasteiger partial charge on any atom is 0.0916 e. The summed E-state index contributed by atoms with van der Waals surface area (Å²) >= 11 is 0. The van der Waals surface area contributed by atoms with Crippen LogP contribution in [-0.2, 0) is 42.1 Å². The molecule has 0 amide bonds. The van der Waals surface area contributed by atoms with Gasteiger partial charge in [0.25, 0.3) is 0 Å². The summed E-state index contributed by atoms with van der Waals surface area (Å²) in [5.41, 5.74) is 0. The van der Waals surface area contributed by atoms with E-state index < -0.39 is 0 Å². The first-order valence-corrected chi connectivity index (χ1v) is 9.29. The van der Waals surface area contributed by atoms with Crippen molar-refractivity contribution in [2.24, 2.45) is 0 Å². The first-order valence-electron chi connectivity index (χ1n) is 9.29. The molecule has 0 saturated heterocycles. The Labute approximate surface area is 203 Å². The van der Waals surface area contributed by atoms with Crippen molar-refractivity contribution in [3.63, 3.8) is 0 Å². The van der Waals surface area contributed by atoms with E-state index in [4.69, 9.17) is 0 Å². The quantitative estimate of drug-likeness (QED) is 0.392. The van der Waals surface area contributed by atoms with E-state index >= 15 is 0 Å². The van der Waals surface area contributed by atoms with Crippen LogP contribution in [0, 0.1) is 12.2 Å². The molecule has 0 aromatic carbocycles. The third-order valence-electron chi connectivity index (χ3n) is 5.09. The first-order chi connectivity index (χ1) is 12.1. The second-order valence-electron chi connectivity index (χ2n) is 8.23. The molecule has 0 unspecified atom stereocenters. The molecular formula is C20H40N6W2-2. The van der Waals surface area contributed by atoms with Gasteiger partial charge in [0.1, 0.15) is 0 Å². The van der Waals surface area contributed by atoms with Crippen molar-refractivity contribution in [3.8, 4) is 0 Å². The van der Waals surface area contributed by atoms with Gasteiger partial charge in [0.2, 0.25) is 0 Å². The maximum absolute atomic E-state index is 3.28. The van der Waals surface area contributed by atoms with Gasteiger partial charge in [0.05, 0.1) is 12.3 Å². The van der Waals surface area contributed by atoms with E-state index in [1.54, 1.807) is 0 Å². The minimum atomic E-state index is 0. The Morgan fingerprint density at radius 2 is 1.29 bits per heavy atom. The Morgan fingerprint density at radius 1 is 0.750 bits per heavy atom.